The summed E-state index contributed by atoms with van der Waals surface area (Å²) in [6.45, 7) is 7.96. The predicted octanol–water partition coefficient (Wildman–Crippen LogP) is 0.137. The van der Waals surface area contributed by atoms with Crippen molar-refractivity contribution in [1.82, 2.24) is 15.5 Å². The number of nitrogens with zero attached hydrogens (tertiary/aromatic N) is 1. The third kappa shape index (κ3) is 6.58. The van der Waals surface area contributed by atoms with E-state index in [1.54, 1.807) is 0 Å². The zero-order valence-corrected chi connectivity index (χ0v) is 8.69. The fourth-order valence-corrected chi connectivity index (χ4v) is 1.18. The Balaban J connectivity index is 3.26. The van der Waals surface area contributed by atoms with Crippen molar-refractivity contribution in [2.75, 3.05) is 46.8 Å². The average molecular weight is 173 g/mol. The van der Waals surface area contributed by atoms with Crippen molar-refractivity contribution in [2.24, 2.45) is 0 Å². The van der Waals surface area contributed by atoms with Crippen molar-refractivity contribution in [3.05, 3.63) is 0 Å². The Kier molecular flexibility index (Phi) is 8.88. The molecule has 0 bridgehead atoms. The minimum absolute atomic E-state index is 1.09. The molecule has 0 aromatic rings. The van der Waals surface area contributed by atoms with E-state index in [0.717, 1.165) is 26.2 Å². The minimum atomic E-state index is 1.09. The first-order valence-corrected chi connectivity index (χ1v) is 4.86. The Morgan fingerprint density at radius 1 is 1.00 bits per heavy atom. The third-order valence-electron chi connectivity index (χ3n) is 2.03. The number of hydrogen-bond acceptors (Lipinski definition) is 3. The molecule has 3 heteroatoms. The Morgan fingerprint density at radius 3 is 2.17 bits per heavy atom. The van der Waals surface area contributed by atoms with Gasteiger partial charge in [-0.1, -0.05) is 6.92 Å². The minimum Gasteiger partial charge on any atom is -0.320 e. The molecule has 12 heavy (non-hydrogen) atoms. The molecule has 0 atom stereocenters. The van der Waals surface area contributed by atoms with Crippen molar-refractivity contribution in [2.45, 2.75) is 13.3 Å². The van der Waals surface area contributed by atoms with Crippen LogP contribution in [-0.2, 0) is 0 Å². The molecule has 0 aromatic heterocycles. The van der Waals surface area contributed by atoms with Crippen LogP contribution < -0.4 is 10.6 Å². The van der Waals surface area contributed by atoms with Crippen molar-refractivity contribution in [3.63, 3.8) is 0 Å². The van der Waals surface area contributed by atoms with Gasteiger partial charge in [-0.2, -0.15) is 0 Å². The molecule has 3 nitrogen and oxygen atoms in total. The van der Waals surface area contributed by atoms with E-state index in [2.05, 4.69) is 22.5 Å². The molecule has 0 aliphatic carbocycles. The van der Waals surface area contributed by atoms with Crippen LogP contribution in [0.3, 0.4) is 0 Å². The quantitative estimate of drug-likeness (QED) is 0.511. The fourth-order valence-electron chi connectivity index (χ4n) is 1.18. The van der Waals surface area contributed by atoms with Gasteiger partial charge in [0.2, 0.25) is 0 Å². The number of hydrogen-bond donors (Lipinski definition) is 2. The molecule has 0 heterocycles. The summed E-state index contributed by atoms with van der Waals surface area (Å²) in [4.78, 5) is 2.47. The Labute approximate surface area is 76.5 Å². The summed E-state index contributed by atoms with van der Waals surface area (Å²) < 4.78 is 0. The molecular weight excluding hydrogens is 150 g/mol. The smallest absolute Gasteiger partial charge is 0.0107 e. The molecule has 0 spiro atoms. The monoisotopic (exact) mass is 173 g/mol. The van der Waals surface area contributed by atoms with Gasteiger partial charge in [-0.05, 0) is 40.2 Å². The first-order valence-electron chi connectivity index (χ1n) is 4.86. The van der Waals surface area contributed by atoms with E-state index in [1.165, 1.54) is 13.0 Å². The van der Waals surface area contributed by atoms with Crippen LogP contribution in [0.4, 0.5) is 0 Å². The topological polar surface area (TPSA) is 27.3 Å². The molecule has 2 N–H and O–H groups in total. The number of rotatable bonds is 8. The van der Waals surface area contributed by atoms with Crippen LogP contribution in [0.2, 0.25) is 0 Å². The van der Waals surface area contributed by atoms with Crippen molar-refractivity contribution in [1.29, 1.82) is 0 Å². The second-order valence-electron chi connectivity index (χ2n) is 2.99. The molecule has 74 valence electrons. The Hall–Kier alpha value is -0.120. The molecule has 0 radical (unpaired) electrons. The highest BCUT2D eigenvalue weighted by atomic mass is 15.1. The van der Waals surface area contributed by atoms with Gasteiger partial charge in [0, 0.05) is 13.1 Å². The molecule has 0 aliphatic rings. The summed E-state index contributed by atoms with van der Waals surface area (Å²) in [5, 5.41) is 6.33. The largest absolute Gasteiger partial charge is 0.320 e. The van der Waals surface area contributed by atoms with Gasteiger partial charge in [0.15, 0.2) is 0 Å². The first kappa shape index (κ1) is 11.9. The molecule has 0 rings (SSSR count). The summed E-state index contributed by atoms with van der Waals surface area (Å²) in [6.07, 6.45) is 1.24. The van der Waals surface area contributed by atoms with Gasteiger partial charge in [0.25, 0.3) is 0 Å². The van der Waals surface area contributed by atoms with Crippen LogP contribution in [0.15, 0.2) is 0 Å². The van der Waals surface area contributed by atoms with Gasteiger partial charge in [0.05, 0.1) is 0 Å². The second kappa shape index (κ2) is 8.97. The van der Waals surface area contributed by atoms with Crippen LogP contribution in [0.25, 0.3) is 0 Å². The lowest BCUT2D eigenvalue weighted by atomic mass is 10.3. The summed E-state index contributed by atoms with van der Waals surface area (Å²) in [6, 6.07) is 0. The normalized spacial score (nSPS) is 11.0. The number of nitrogens with one attached hydrogen (secondary N) is 2. The fraction of sp³-hybridized carbons (Fsp3) is 1.00. The molecule has 0 aliphatic heterocycles. The van der Waals surface area contributed by atoms with Crippen LogP contribution in [0.1, 0.15) is 13.3 Å². The van der Waals surface area contributed by atoms with Gasteiger partial charge >= 0.3 is 0 Å². The lowest BCUT2D eigenvalue weighted by Crippen LogP contribution is -2.32. The van der Waals surface area contributed by atoms with Gasteiger partial charge in [-0.3, -0.25) is 0 Å². The van der Waals surface area contributed by atoms with Crippen molar-refractivity contribution >= 4 is 0 Å². The van der Waals surface area contributed by atoms with Crippen molar-refractivity contribution in [3.8, 4) is 0 Å². The van der Waals surface area contributed by atoms with Crippen LogP contribution in [0.5, 0.6) is 0 Å². The third-order valence-corrected chi connectivity index (χ3v) is 2.03. The summed E-state index contributed by atoms with van der Waals surface area (Å²) >= 11 is 0. The summed E-state index contributed by atoms with van der Waals surface area (Å²) in [5.74, 6) is 0. The predicted molar refractivity (Wildman–Crippen MR) is 54.6 cm³/mol. The van der Waals surface area contributed by atoms with Crippen LogP contribution in [-0.4, -0.2) is 51.7 Å². The number of likely N-dealkylation sites (N-methyl/N-ethyl adjacent to an activating group) is 2. The zero-order valence-electron chi connectivity index (χ0n) is 8.69. The maximum atomic E-state index is 3.17. The Bertz CT molecular complexity index is 85.8. The highest BCUT2D eigenvalue weighted by molar-refractivity contribution is 4.57. The van der Waals surface area contributed by atoms with E-state index in [4.69, 9.17) is 0 Å². The highest BCUT2D eigenvalue weighted by Crippen LogP contribution is 1.88. The molecule has 0 aromatic carbocycles. The first-order chi connectivity index (χ1) is 5.85. The van der Waals surface area contributed by atoms with Gasteiger partial charge in [-0.15, -0.1) is 0 Å². The van der Waals surface area contributed by atoms with Gasteiger partial charge in [0.1, 0.15) is 0 Å². The van der Waals surface area contributed by atoms with Gasteiger partial charge < -0.3 is 15.5 Å². The average Bonchev–Trinajstić information content (AvgIpc) is 2.11. The maximum absolute atomic E-state index is 3.17. The van der Waals surface area contributed by atoms with Gasteiger partial charge in [-0.25, -0.2) is 0 Å². The maximum Gasteiger partial charge on any atom is 0.0107 e. The molecule has 0 saturated heterocycles. The van der Waals surface area contributed by atoms with E-state index in [0.29, 0.717) is 0 Å². The van der Waals surface area contributed by atoms with E-state index < -0.39 is 0 Å². The molecule has 0 unspecified atom stereocenters. The summed E-state index contributed by atoms with van der Waals surface area (Å²) in [7, 11) is 4.01. The molecule has 0 amide bonds. The van der Waals surface area contributed by atoms with E-state index in [-0.39, 0.29) is 0 Å². The van der Waals surface area contributed by atoms with E-state index >= 15 is 0 Å². The van der Waals surface area contributed by atoms with E-state index in [1.807, 2.05) is 14.1 Å². The van der Waals surface area contributed by atoms with Crippen LogP contribution in [0, 0.1) is 0 Å². The zero-order chi connectivity index (χ0) is 9.23. The Morgan fingerprint density at radius 2 is 1.67 bits per heavy atom. The van der Waals surface area contributed by atoms with Crippen molar-refractivity contribution < 1.29 is 0 Å². The lowest BCUT2D eigenvalue weighted by Gasteiger charge is -2.19. The molecular formula is C9H23N3. The lowest BCUT2D eigenvalue weighted by molar-refractivity contribution is 0.285. The van der Waals surface area contributed by atoms with E-state index in [9.17, 15) is 0 Å². The van der Waals surface area contributed by atoms with Crippen LogP contribution >= 0.6 is 0 Å². The second-order valence-corrected chi connectivity index (χ2v) is 2.99. The highest BCUT2D eigenvalue weighted by Gasteiger charge is 1.99. The SMILES string of the molecule is CCN(CCCNC)CCNC. The molecule has 0 fully saturated rings. The standard InChI is InChI=1S/C9H23N3/c1-4-12(9-7-11-3)8-5-6-10-2/h10-11H,4-9H2,1-3H3. The summed E-state index contributed by atoms with van der Waals surface area (Å²) in [5.41, 5.74) is 0. The molecule has 0 saturated carbocycles.